The predicted octanol–water partition coefficient (Wildman–Crippen LogP) is 1.23. The highest BCUT2D eigenvalue weighted by atomic mass is 15.3. The van der Waals surface area contributed by atoms with Crippen LogP contribution in [0.3, 0.4) is 0 Å². The van der Waals surface area contributed by atoms with E-state index >= 15 is 0 Å². The molecule has 0 spiro atoms. The minimum atomic E-state index is 0.730. The second kappa shape index (κ2) is 4.57. The number of nitrogens with zero attached hydrogens (tertiary/aromatic N) is 4. The molecule has 2 heterocycles. The lowest BCUT2D eigenvalue weighted by Gasteiger charge is -2.08. The van der Waals surface area contributed by atoms with Gasteiger partial charge < -0.3 is 9.88 Å². The van der Waals surface area contributed by atoms with Gasteiger partial charge in [-0.3, -0.25) is 4.68 Å². The summed E-state index contributed by atoms with van der Waals surface area (Å²) in [7, 11) is 1.96. The fourth-order valence-corrected chi connectivity index (χ4v) is 2.16. The minimum Gasteiger partial charge on any atom is -0.329 e. The molecule has 5 heteroatoms. The van der Waals surface area contributed by atoms with Crippen molar-refractivity contribution < 1.29 is 0 Å². The van der Waals surface area contributed by atoms with Crippen LogP contribution < -0.4 is 5.32 Å². The lowest BCUT2D eigenvalue weighted by Crippen LogP contribution is -2.18. The first kappa shape index (κ1) is 11.5. The summed E-state index contributed by atoms with van der Waals surface area (Å²) < 4.78 is 4.06. The first-order valence-electron chi connectivity index (χ1n) is 6.44. The van der Waals surface area contributed by atoms with E-state index in [1.807, 2.05) is 31.2 Å². The topological polar surface area (TPSA) is 47.7 Å². The van der Waals surface area contributed by atoms with Crippen LogP contribution >= 0.6 is 0 Å². The van der Waals surface area contributed by atoms with E-state index in [0.717, 1.165) is 24.8 Å². The zero-order valence-electron chi connectivity index (χ0n) is 10.9. The number of aryl methyl sites for hydroxylation is 2. The Bertz CT molecular complexity index is 535. The van der Waals surface area contributed by atoms with E-state index in [-0.39, 0.29) is 0 Å². The normalized spacial score (nSPS) is 15.2. The molecule has 1 aliphatic rings. The standard InChI is InChI=1S/C13H19N5/c1-10-11(7-17(2)16-10)8-18-9-14-5-13(18)6-15-12-3-4-12/h5,7,9,12,15H,3-4,6,8H2,1-2H3. The summed E-state index contributed by atoms with van der Waals surface area (Å²) in [6.45, 7) is 3.81. The SMILES string of the molecule is Cc1nn(C)cc1Cn1cncc1CNC1CC1. The molecular formula is C13H19N5. The summed E-state index contributed by atoms with van der Waals surface area (Å²) in [5, 5.41) is 7.90. The van der Waals surface area contributed by atoms with Crippen LogP contribution in [0.1, 0.15) is 29.8 Å². The number of nitrogens with one attached hydrogen (secondary N) is 1. The molecule has 1 aliphatic carbocycles. The summed E-state index contributed by atoms with van der Waals surface area (Å²) in [6, 6.07) is 0.730. The van der Waals surface area contributed by atoms with E-state index in [0.29, 0.717) is 0 Å². The van der Waals surface area contributed by atoms with Crippen molar-refractivity contribution in [3.63, 3.8) is 0 Å². The highest BCUT2D eigenvalue weighted by molar-refractivity contribution is 5.17. The quantitative estimate of drug-likeness (QED) is 0.861. The summed E-state index contributed by atoms with van der Waals surface area (Å²) in [5.74, 6) is 0. The third kappa shape index (κ3) is 2.46. The van der Waals surface area contributed by atoms with Gasteiger partial charge in [0.05, 0.1) is 24.3 Å². The molecule has 5 nitrogen and oxygen atoms in total. The Morgan fingerprint density at radius 2 is 2.28 bits per heavy atom. The Hall–Kier alpha value is -1.62. The van der Waals surface area contributed by atoms with Crippen LogP contribution in [0.5, 0.6) is 0 Å². The van der Waals surface area contributed by atoms with Gasteiger partial charge in [-0.1, -0.05) is 0 Å². The second-order valence-electron chi connectivity index (χ2n) is 5.08. The third-order valence-corrected chi connectivity index (χ3v) is 3.40. The molecule has 18 heavy (non-hydrogen) atoms. The molecule has 0 atom stereocenters. The van der Waals surface area contributed by atoms with Gasteiger partial charge in [-0.2, -0.15) is 5.10 Å². The molecule has 0 aliphatic heterocycles. The molecule has 0 unspecified atom stereocenters. The Balaban J connectivity index is 1.71. The molecule has 1 fully saturated rings. The maximum absolute atomic E-state index is 4.37. The van der Waals surface area contributed by atoms with Gasteiger partial charge in [-0.05, 0) is 19.8 Å². The fourth-order valence-electron chi connectivity index (χ4n) is 2.16. The summed E-state index contributed by atoms with van der Waals surface area (Å²) in [4.78, 5) is 4.25. The van der Waals surface area contributed by atoms with Crippen molar-refractivity contribution in [2.45, 2.75) is 38.9 Å². The third-order valence-electron chi connectivity index (χ3n) is 3.40. The number of rotatable bonds is 5. The Kier molecular flexibility index (Phi) is 2.91. The van der Waals surface area contributed by atoms with Crippen LogP contribution in [-0.2, 0) is 20.1 Å². The van der Waals surface area contributed by atoms with E-state index in [1.54, 1.807) is 0 Å². The molecule has 2 aromatic heterocycles. The van der Waals surface area contributed by atoms with E-state index < -0.39 is 0 Å². The van der Waals surface area contributed by atoms with Crippen LogP contribution in [0.15, 0.2) is 18.7 Å². The maximum Gasteiger partial charge on any atom is 0.0951 e. The van der Waals surface area contributed by atoms with Crippen molar-refractivity contribution in [2.75, 3.05) is 0 Å². The second-order valence-corrected chi connectivity index (χ2v) is 5.08. The molecule has 3 rings (SSSR count). The first-order chi connectivity index (χ1) is 8.72. The van der Waals surface area contributed by atoms with Crippen LogP contribution in [0.4, 0.5) is 0 Å². The van der Waals surface area contributed by atoms with Crippen LogP contribution in [0.2, 0.25) is 0 Å². The van der Waals surface area contributed by atoms with Gasteiger partial charge in [0.2, 0.25) is 0 Å². The fraction of sp³-hybridized carbons (Fsp3) is 0.538. The molecule has 96 valence electrons. The highest BCUT2D eigenvalue weighted by Gasteiger charge is 2.20. The van der Waals surface area contributed by atoms with Crippen molar-refractivity contribution >= 4 is 0 Å². The lowest BCUT2D eigenvalue weighted by atomic mass is 10.2. The monoisotopic (exact) mass is 245 g/mol. The number of hydrogen-bond donors (Lipinski definition) is 1. The van der Waals surface area contributed by atoms with Gasteiger partial charge in [-0.15, -0.1) is 0 Å². The van der Waals surface area contributed by atoms with Crippen molar-refractivity contribution in [3.8, 4) is 0 Å². The highest BCUT2D eigenvalue weighted by Crippen LogP contribution is 2.19. The average molecular weight is 245 g/mol. The molecule has 0 saturated heterocycles. The summed E-state index contributed by atoms with van der Waals surface area (Å²) in [6.07, 6.45) is 8.55. The van der Waals surface area contributed by atoms with Crippen LogP contribution in [-0.4, -0.2) is 25.4 Å². The maximum atomic E-state index is 4.37. The van der Waals surface area contributed by atoms with Crippen LogP contribution in [0.25, 0.3) is 0 Å². The van der Waals surface area contributed by atoms with Gasteiger partial charge in [0.15, 0.2) is 0 Å². The van der Waals surface area contributed by atoms with Crippen molar-refractivity contribution in [3.05, 3.63) is 35.7 Å². The molecular weight excluding hydrogens is 226 g/mol. The molecule has 0 aromatic carbocycles. The summed E-state index contributed by atoms with van der Waals surface area (Å²) >= 11 is 0. The molecule has 1 N–H and O–H groups in total. The van der Waals surface area contributed by atoms with Gasteiger partial charge in [0, 0.05) is 37.6 Å². The molecule has 0 bridgehead atoms. The Morgan fingerprint density at radius 3 is 2.94 bits per heavy atom. The van der Waals surface area contributed by atoms with Gasteiger partial charge in [0.25, 0.3) is 0 Å². The number of imidazole rings is 1. The molecule has 0 radical (unpaired) electrons. The molecule has 1 saturated carbocycles. The van der Waals surface area contributed by atoms with E-state index in [4.69, 9.17) is 0 Å². The summed E-state index contributed by atoms with van der Waals surface area (Å²) in [5.41, 5.74) is 3.58. The predicted molar refractivity (Wildman–Crippen MR) is 69.1 cm³/mol. The van der Waals surface area contributed by atoms with Gasteiger partial charge in [0.1, 0.15) is 0 Å². The average Bonchev–Trinajstić information content (AvgIpc) is 2.97. The van der Waals surface area contributed by atoms with E-state index in [2.05, 4.69) is 26.2 Å². The zero-order chi connectivity index (χ0) is 12.5. The first-order valence-corrected chi connectivity index (χ1v) is 6.44. The number of hydrogen-bond acceptors (Lipinski definition) is 3. The van der Waals surface area contributed by atoms with Gasteiger partial charge in [-0.25, -0.2) is 4.98 Å². The van der Waals surface area contributed by atoms with E-state index in [1.165, 1.54) is 24.1 Å². The smallest absolute Gasteiger partial charge is 0.0951 e. The van der Waals surface area contributed by atoms with Crippen molar-refractivity contribution in [1.82, 2.24) is 24.6 Å². The molecule has 2 aromatic rings. The van der Waals surface area contributed by atoms with Crippen molar-refractivity contribution in [1.29, 1.82) is 0 Å². The Labute approximate surface area is 107 Å². The van der Waals surface area contributed by atoms with Crippen LogP contribution in [0, 0.1) is 6.92 Å². The zero-order valence-corrected chi connectivity index (χ0v) is 10.9. The van der Waals surface area contributed by atoms with E-state index in [9.17, 15) is 0 Å². The Morgan fingerprint density at radius 1 is 1.44 bits per heavy atom. The van der Waals surface area contributed by atoms with Crippen molar-refractivity contribution in [2.24, 2.45) is 7.05 Å². The molecule has 0 amide bonds. The lowest BCUT2D eigenvalue weighted by molar-refractivity contribution is 0.633. The minimum absolute atomic E-state index is 0.730. The number of aromatic nitrogens is 4. The van der Waals surface area contributed by atoms with Gasteiger partial charge >= 0.3 is 0 Å². The largest absolute Gasteiger partial charge is 0.329 e.